The Morgan fingerprint density at radius 1 is 1.32 bits per heavy atom. The topological polar surface area (TPSA) is 85.8 Å². The van der Waals surface area contributed by atoms with Crippen LogP contribution in [0.5, 0.6) is 0 Å². The fourth-order valence-corrected chi connectivity index (χ4v) is 2.41. The Labute approximate surface area is 128 Å². The van der Waals surface area contributed by atoms with Crippen LogP contribution in [-0.2, 0) is 17.8 Å². The summed E-state index contributed by atoms with van der Waals surface area (Å²) in [5.74, 6) is 0.373. The Bertz CT molecular complexity index is 807. The number of pyridine rings is 1. The van der Waals surface area contributed by atoms with Crippen LogP contribution in [0.3, 0.4) is 0 Å². The fraction of sp³-hybridized carbons (Fsp3) is 0.188. The maximum atomic E-state index is 11.2. The number of rotatable bonds is 5. The van der Waals surface area contributed by atoms with E-state index in [0.29, 0.717) is 0 Å². The molecule has 22 heavy (non-hydrogen) atoms. The van der Waals surface area contributed by atoms with Crippen LogP contribution in [0.25, 0.3) is 16.7 Å². The van der Waals surface area contributed by atoms with Crippen molar-refractivity contribution < 1.29 is 4.79 Å². The lowest BCUT2D eigenvalue weighted by molar-refractivity contribution is -0.117. The minimum atomic E-state index is -0.364. The van der Waals surface area contributed by atoms with E-state index in [4.69, 9.17) is 5.73 Å². The molecule has 112 valence electrons. The Balaban J connectivity index is 1.99. The van der Waals surface area contributed by atoms with Crippen molar-refractivity contribution in [1.82, 2.24) is 20.1 Å². The SMILES string of the molecule is CNCc1ccc(-n2cc3cccc(CC(N)=O)c3n2)nc1. The lowest BCUT2D eigenvalue weighted by atomic mass is 10.1. The molecule has 0 radical (unpaired) electrons. The van der Waals surface area contributed by atoms with Gasteiger partial charge in [-0.05, 0) is 24.2 Å². The third-order valence-electron chi connectivity index (χ3n) is 3.41. The minimum Gasteiger partial charge on any atom is -0.369 e. The summed E-state index contributed by atoms with van der Waals surface area (Å²) in [5.41, 5.74) is 8.00. The van der Waals surface area contributed by atoms with Crippen molar-refractivity contribution in [3.8, 4) is 5.82 Å². The van der Waals surface area contributed by atoms with Crippen LogP contribution in [0.1, 0.15) is 11.1 Å². The molecule has 1 amide bonds. The highest BCUT2D eigenvalue weighted by atomic mass is 16.1. The summed E-state index contributed by atoms with van der Waals surface area (Å²) >= 11 is 0. The summed E-state index contributed by atoms with van der Waals surface area (Å²) in [6.45, 7) is 0.775. The Morgan fingerprint density at radius 2 is 2.18 bits per heavy atom. The molecule has 3 N–H and O–H groups in total. The molecule has 0 saturated carbocycles. The smallest absolute Gasteiger partial charge is 0.221 e. The van der Waals surface area contributed by atoms with Crippen LogP contribution in [0.2, 0.25) is 0 Å². The molecule has 2 heterocycles. The first-order valence-electron chi connectivity index (χ1n) is 7.03. The first-order chi connectivity index (χ1) is 10.7. The molecule has 0 atom stereocenters. The van der Waals surface area contributed by atoms with Crippen LogP contribution < -0.4 is 11.1 Å². The first-order valence-corrected chi connectivity index (χ1v) is 7.03. The lowest BCUT2D eigenvalue weighted by Crippen LogP contribution is -2.13. The number of nitrogens with one attached hydrogen (secondary N) is 1. The van der Waals surface area contributed by atoms with Gasteiger partial charge >= 0.3 is 0 Å². The predicted molar refractivity (Wildman–Crippen MR) is 84.5 cm³/mol. The maximum absolute atomic E-state index is 11.2. The number of amides is 1. The van der Waals surface area contributed by atoms with E-state index >= 15 is 0 Å². The molecule has 0 aliphatic carbocycles. The van der Waals surface area contributed by atoms with E-state index < -0.39 is 0 Å². The van der Waals surface area contributed by atoms with E-state index in [1.54, 1.807) is 4.68 Å². The van der Waals surface area contributed by atoms with Crippen LogP contribution in [0.15, 0.2) is 42.7 Å². The maximum Gasteiger partial charge on any atom is 0.221 e. The van der Waals surface area contributed by atoms with Crippen molar-refractivity contribution in [2.24, 2.45) is 5.73 Å². The molecular weight excluding hydrogens is 278 g/mol. The van der Waals surface area contributed by atoms with Crippen LogP contribution >= 0.6 is 0 Å². The summed E-state index contributed by atoms with van der Waals surface area (Å²) < 4.78 is 1.72. The zero-order chi connectivity index (χ0) is 15.5. The number of fused-ring (bicyclic) bond motifs is 1. The second-order valence-corrected chi connectivity index (χ2v) is 5.13. The highest BCUT2D eigenvalue weighted by molar-refractivity contribution is 5.87. The van der Waals surface area contributed by atoms with Gasteiger partial charge in [0.1, 0.15) is 0 Å². The minimum absolute atomic E-state index is 0.183. The van der Waals surface area contributed by atoms with E-state index in [0.717, 1.165) is 34.4 Å². The van der Waals surface area contributed by atoms with Crippen molar-refractivity contribution in [1.29, 1.82) is 0 Å². The number of benzene rings is 1. The molecule has 0 spiro atoms. The predicted octanol–water partition coefficient (Wildman–Crippen LogP) is 1.17. The van der Waals surface area contributed by atoms with Crippen molar-refractivity contribution in [3.63, 3.8) is 0 Å². The number of hydrogen-bond donors (Lipinski definition) is 2. The lowest BCUT2D eigenvalue weighted by Gasteiger charge is -2.02. The van der Waals surface area contributed by atoms with Gasteiger partial charge in [-0.25, -0.2) is 9.67 Å². The standard InChI is InChI=1S/C16H17N5O/c1-18-8-11-5-6-15(19-9-11)21-10-13-4-2-3-12(7-14(17)22)16(13)20-21/h2-6,9-10,18H,7-8H2,1H3,(H2,17,22). The van der Waals surface area contributed by atoms with Gasteiger partial charge in [-0.15, -0.1) is 0 Å². The number of nitrogens with zero attached hydrogens (tertiary/aromatic N) is 3. The number of aromatic nitrogens is 3. The number of nitrogens with two attached hydrogens (primary N) is 1. The van der Waals surface area contributed by atoms with E-state index in [1.807, 2.05) is 49.8 Å². The van der Waals surface area contributed by atoms with E-state index in [9.17, 15) is 4.79 Å². The first kappa shape index (κ1) is 14.2. The van der Waals surface area contributed by atoms with Crippen molar-refractivity contribution in [2.45, 2.75) is 13.0 Å². The fourth-order valence-electron chi connectivity index (χ4n) is 2.41. The normalized spacial score (nSPS) is 11.0. The van der Waals surface area contributed by atoms with Crippen molar-refractivity contribution in [2.75, 3.05) is 7.05 Å². The zero-order valence-corrected chi connectivity index (χ0v) is 12.3. The van der Waals surface area contributed by atoms with Gasteiger partial charge in [0.25, 0.3) is 0 Å². The van der Waals surface area contributed by atoms with Gasteiger partial charge in [-0.2, -0.15) is 5.10 Å². The molecule has 6 heteroatoms. The van der Waals surface area contributed by atoms with E-state index in [2.05, 4.69) is 15.4 Å². The van der Waals surface area contributed by atoms with Gasteiger partial charge in [0, 0.05) is 24.3 Å². The molecule has 0 bridgehead atoms. The molecule has 0 fully saturated rings. The number of carbonyl (C=O) groups excluding carboxylic acids is 1. The summed E-state index contributed by atoms with van der Waals surface area (Å²) in [5, 5.41) is 8.58. The van der Waals surface area contributed by atoms with Gasteiger partial charge in [-0.3, -0.25) is 4.79 Å². The molecule has 0 saturated heterocycles. The highest BCUT2D eigenvalue weighted by Crippen LogP contribution is 2.19. The van der Waals surface area contributed by atoms with Gasteiger partial charge in [0.15, 0.2) is 5.82 Å². The third-order valence-corrected chi connectivity index (χ3v) is 3.41. The zero-order valence-electron chi connectivity index (χ0n) is 12.3. The quantitative estimate of drug-likeness (QED) is 0.740. The molecule has 0 aliphatic rings. The van der Waals surface area contributed by atoms with E-state index in [1.165, 1.54) is 0 Å². The second-order valence-electron chi connectivity index (χ2n) is 5.13. The van der Waals surface area contributed by atoms with Gasteiger partial charge in [0.05, 0.1) is 11.9 Å². The van der Waals surface area contributed by atoms with Crippen molar-refractivity contribution >= 4 is 16.8 Å². The second kappa shape index (κ2) is 5.95. The number of primary amides is 1. The third kappa shape index (κ3) is 2.82. The largest absolute Gasteiger partial charge is 0.369 e. The summed E-state index contributed by atoms with van der Waals surface area (Å²) in [4.78, 5) is 15.6. The van der Waals surface area contributed by atoms with Crippen LogP contribution in [-0.4, -0.2) is 27.7 Å². The summed E-state index contributed by atoms with van der Waals surface area (Å²) in [6, 6.07) is 9.66. The van der Waals surface area contributed by atoms with Gasteiger partial charge in [-0.1, -0.05) is 24.3 Å². The highest BCUT2D eigenvalue weighted by Gasteiger charge is 2.09. The molecule has 0 unspecified atom stereocenters. The van der Waals surface area contributed by atoms with Crippen molar-refractivity contribution in [3.05, 3.63) is 53.9 Å². The molecular formula is C16H17N5O. The summed E-state index contributed by atoms with van der Waals surface area (Å²) in [7, 11) is 1.90. The van der Waals surface area contributed by atoms with E-state index in [-0.39, 0.29) is 12.3 Å². The molecule has 0 aliphatic heterocycles. The summed E-state index contributed by atoms with van der Waals surface area (Å²) in [6.07, 6.45) is 3.91. The number of carbonyl (C=O) groups is 1. The molecule has 6 nitrogen and oxygen atoms in total. The molecule has 3 aromatic rings. The van der Waals surface area contributed by atoms with Gasteiger partial charge in [0.2, 0.25) is 5.91 Å². The Kier molecular flexibility index (Phi) is 3.84. The number of hydrogen-bond acceptors (Lipinski definition) is 4. The monoisotopic (exact) mass is 295 g/mol. The average molecular weight is 295 g/mol. The van der Waals surface area contributed by atoms with Gasteiger partial charge < -0.3 is 11.1 Å². The Morgan fingerprint density at radius 3 is 2.86 bits per heavy atom. The molecule has 2 aromatic heterocycles. The molecule has 1 aromatic carbocycles. The Hall–Kier alpha value is -2.73. The average Bonchev–Trinajstić information content (AvgIpc) is 2.93. The van der Waals surface area contributed by atoms with Crippen LogP contribution in [0, 0.1) is 0 Å². The molecule has 3 rings (SSSR count). The van der Waals surface area contributed by atoms with Crippen LogP contribution in [0.4, 0.5) is 0 Å².